The van der Waals surface area contributed by atoms with Crippen LogP contribution in [0.3, 0.4) is 0 Å². The molecule has 2 aliphatic rings. The van der Waals surface area contributed by atoms with E-state index >= 15 is 0 Å². The third-order valence-electron chi connectivity index (χ3n) is 9.37. The first kappa shape index (κ1) is 45.6. The Balaban J connectivity index is 1.09. The largest absolute Gasteiger partial charge is 0.472 e. The van der Waals surface area contributed by atoms with Crippen LogP contribution in [0.5, 0.6) is 0 Å². The number of phosphoric ester groups is 2. The fourth-order valence-corrected chi connectivity index (χ4v) is 7.70. The van der Waals surface area contributed by atoms with Gasteiger partial charge in [-0.15, -0.1) is 0 Å². The average molecular weight is 899 g/mol. The molecule has 61 heavy (non-hydrogen) atoms. The maximum absolute atomic E-state index is 13.4. The van der Waals surface area contributed by atoms with Crippen LogP contribution >= 0.6 is 15.6 Å². The molecule has 1 amide bonds. The first-order valence-electron chi connectivity index (χ1n) is 18.5. The molecule has 9 atom stereocenters. The maximum Gasteiger partial charge on any atom is 0.472 e. The predicted molar refractivity (Wildman–Crippen MR) is 206 cm³/mol. The van der Waals surface area contributed by atoms with E-state index in [0.717, 1.165) is 16.5 Å². The monoisotopic (exact) mass is 898 g/mol. The predicted octanol–water partition coefficient (Wildman–Crippen LogP) is -0.259. The number of fused-ring (bicyclic) bond motifs is 1. The minimum atomic E-state index is -5.18. The molecule has 5 heterocycles. The van der Waals surface area contributed by atoms with Crippen molar-refractivity contribution in [2.24, 2.45) is 5.73 Å². The second-order valence-electron chi connectivity index (χ2n) is 13.7. The van der Waals surface area contributed by atoms with Gasteiger partial charge in [-0.05, 0) is 30.9 Å². The summed E-state index contributed by atoms with van der Waals surface area (Å²) in [4.78, 5) is 83.0. The second-order valence-corrected chi connectivity index (χ2v) is 16.4. The van der Waals surface area contributed by atoms with Crippen LogP contribution in [0.15, 0.2) is 60.0 Å². The zero-order chi connectivity index (χ0) is 43.9. The molecule has 0 radical (unpaired) electrons. The van der Waals surface area contributed by atoms with E-state index in [2.05, 4.69) is 29.8 Å². The summed E-state index contributed by atoms with van der Waals surface area (Å²) in [6.45, 7) is -1.38. The van der Waals surface area contributed by atoms with Crippen LogP contribution in [0.25, 0.3) is 11.2 Å². The number of nitrogens with one attached hydrogen (secondary N) is 1. The molecule has 28 heteroatoms. The number of nitrogen functional groups attached to an aromatic ring is 2. The lowest BCUT2D eigenvalue weighted by Gasteiger charge is -2.24. The van der Waals surface area contributed by atoms with Crippen LogP contribution in [-0.2, 0) is 53.1 Å². The number of carbonyl (C=O) groups excluding carboxylic acids is 2. The number of esters is 1. The Morgan fingerprint density at radius 2 is 1.74 bits per heavy atom. The van der Waals surface area contributed by atoms with E-state index in [1.165, 1.54) is 23.2 Å². The van der Waals surface area contributed by atoms with E-state index in [1.54, 1.807) is 0 Å². The summed E-state index contributed by atoms with van der Waals surface area (Å²) in [5.41, 5.74) is 17.9. The normalized spacial score (nSPS) is 24.3. The van der Waals surface area contributed by atoms with Gasteiger partial charge < -0.3 is 61.3 Å². The number of imidazole rings is 1. The number of amides is 1. The van der Waals surface area contributed by atoms with Crippen molar-refractivity contribution in [3.8, 4) is 0 Å². The number of ether oxygens (including phenoxy) is 4. The van der Waals surface area contributed by atoms with Crippen molar-refractivity contribution in [1.29, 1.82) is 0 Å². The number of nitrogens with two attached hydrogens (primary N) is 3. The molecule has 0 saturated carbocycles. The van der Waals surface area contributed by atoms with Crippen LogP contribution in [0, 0.1) is 0 Å². The van der Waals surface area contributed by atoms with Gasteiger partial charge >= 0.3 is 33.4 Å². The molecule has 0 bridgehead atoms. The molecule has 6 rings (SSSR count). The molecule has 1 aromatic carbocycles. The number of alkyl carbamates (subject to hydrolysis) is 1. The quantitative estimate of drug-likeness (QED) is 0.0341. The van der Waals surface area contributed by atoms with E-state index in [0.29, 0.717) is 12.8 Å². The van der Waals surface area contributed by atoms with Crippen LogP contribution < -0.4 is 28.2 Å². The standard InChI is InChI=1S/C33H44N10O16P2/c34-19(8-4-5-10-37-33(47)53-13-18-6-2-1-3-7-18)31(45)58-27-22(57-30(26(27)44)43-17-40-25-28(36)38-16-39-29(25)43)15-55-61(51,52)59-20-12-24(42-11-9-23(35)41-32(42)46)56-21(20)14-54-60(48,49)50/h1-3,6-7,9,11,16-17,19-22,24,26-27,30,44H,4-5,8,10,12-15,34H2,(H,37,47)(H,51,52)(H2,35,41,46)(H2,36,38,39)(H2,48,49,50)/t19?,20-,21-,22+,24+,26+,27+,30+/m0/s1. The Bertz CT molecular complexity index is 2300. The highest BCUT2D eigenvalue weighted by molar-refractivity contribution is 7.47. The molecule has 2 fully saturated rings. The summed E-state index contributed by atoms with van der Waals surface area (Å²) in [5, 5.41) is 14.1. The molecule has 4 aromatic rings. The van der Waals surface area contributed by atoms with Crippen LogP contribution in [0.4, 0.5) is 16.4 Å². The molecule has 0 aliphatic carbocycles. The summed E-state index contributed by atoms with van der Waals surface area (Å²) >= 11 is 0. The summed E-state index contributed by atoms with van der Waals surface area (Å²) in [5.74, 6) is -1.05. The SMILES string of the molecule is Nc1ccn([C@H]2C[C@H](OP(=O)(O)OC[C@H]3O[C@@H](n4cnc5c(N)ncnc54)[C@H](O)[C@@H]3OC(=O)C(N)CCCCNC(=O)OCc3ccccc3)[C@H](COP(=O)(O)O)O2)c(=O)n1. The molecule has 332 valence electrons. The smallest absolute Gasteiger partial charge is 0.455 e. The van der Waals surface area contributed by atoms with Gasteiger partial charge in [-0.1, -0.05) is 30.3 Å². The number of phosphoric acid groups is 2. The molecule has 2 aliphatic heterocycles. The summed E-state index contributed by atoms with van der Waals surface area (Å²) in [6.07, 6.45) is -6.64. The fourth-order valence-electron chi connectivity index (χ4n) is 6.40. The van der Waals surface area contributed by atoms with Crippen molar-refractivity contribution in [1.82, 2.24) is 34.4 Å². The Kier molecular flexibility index (Phi) is 14.8. The Hall–Kier alpha value is -4.95. The van der Waals surface area contributed by atoms with Gasteiger partial charge in [0.15, 0.2) is 23.8 Å². The minimum Gasteiger partial charge on any atom is -0.455 e. The van der Waals surface area contributed by atoms with Crippen molar-refractivity contribution >= 4 is 50.5 Å². The molecule has 11 N–H and O–H groups in total. The van der Waals surface area contributed by atoms with Crippen molar-refractivity contribution in [3.05, 3.63) is 71.3 Å². The first-order chi connectivity index (χ1) is 29.0. The zero-order valence-electron chi connectivity index (χ0n) is 32.0. The van der Waals surface area contributed by atoms with E-state index in [4.69, 9.17) is 45.2 Å². The summed E-state index contributed by atoms with van der Waals surface area (Å²) in [6, 6.07) is 9.18. The number of anilines is 2. The molecule has 0 spiro atoms. The van der Waals surface area contributed by atoms with Gasteiger partial charge in [0.25, 0.3) is 0 Å². The third-order valence-corrected chi connectivity index (χ3v) is 10.9. The van der Waals surface area contributed by atoms with Gasteiger partial charge in [-0.3, -0.25) is 27.5 Å². The number of hydrogen-bond acceptors (Lipinski definition) is 20. The minimum absolute atomic E-state index is 0.0166. The van der Waals surface area contributed by atoms with Gasteiger partial charge in [0.05, 0.1) is 19.5 Å². The molecule has 2 saturated heterocycles. The van der Waals surface area contributed by atoms with Crippen molar-refractivity contribution in [3.63, 3.8) is 0 Å². The molecule has 26 nitrogen and oxygen atoms in total. The number of hydrogen-bond donors (Lipinski definition) is 8. The Labute approximate surface area is 345 Å². The van der Waals surface area contributed by atoms with E-state index < -0.39 is 95.6 Å². The molecular weight excluding hydrogens is 854 g/mol. The van der Waals surface area contributed by atoms with Crippen LogP contribution in [0.2, 0.25) is 0 Å². The number of aliphatic hydroxyl groups is 1. The van der Waals surface area contributed by atoms with Crippen LogP contribution in [-0.4, -0.2) is 117 Å². The van der Waals surface area contributed by atoms with Gasteiger partial charge in [-0.25, -0.2) is 33.7 Å². The van der Waals surface area contributed by atoms with Gasteiger partial charge in [0.1, 0.15) is 61.0 Å². The summed E-state index contributed by atoms with van der Waals surface area (Å²) in [7, 11) is -10.2. The Morgan fingerprint density at radius 3 is 2.48 bits per heavy atom. The topological polar surface area (TPSA) is 382 Å². The van der Waals surface area contributed by atoms with Crippen molar-refractivity contribution < 1.29 is 71.0 Å². The highest BCUT2D eigenvalue weighted by atomic mass is 31.2. The number of aliphatic hydroxyl groups excluding tert-OH is 1. The number of unbranched alkanes of at least 4 members (excludes halogenated alkanes) is 1. The van der Waals surface area contributed by atoms with Crippen molar-refractivity contribution in [2.45, 2.75) is 81.3 Å². The van der Waals surface area contributed by atoms with Gasteiger partial charge in [0.2, 0.25) is 0 Å². The second kappa shape index (κ2) is 19.8. The van der Waals surface area contributed by atoms with E-state index in [9.17, 15) is 43.3 Å². The van der Waals surface area contributed by atoms with E-state index in [-0.39, 0.29) is 48.8 Å². The zero-order valence-corrected chi connectivity index (χ0v) is 33.8. The Morgan fingerprint density at radius 1 is 0.984 bits per heavy atom. The number of aromatic nitrogens is 6. The summed E-state index contributed by atoms with van der Waals surface area (Å²) < 4.78 is 64.8. The van der Waals surface area contributed by atoms with E-state index in [1.807, 2.05) is 30.3 Å². The highest BCUT2D eigenvalue weighted by Gasteiger charge is 2.50. The lowest BCUT2D eigenvalue weighted by atomic mass is 10.1. The third kappa shape index (κ3) is 12.1. The number of carbonyl (C=O) groups is 2. The maximum atomic E-state index is 13.4. The average Bonchev–Trinajstić information content (AvgIpc) is 3.90. The molecular formula is C33H44N10O16P2. The fraction of sp³-hybridized carbons (Fsp3) is 0.485. The lowest BCUT2D eigenvalue weighted by Crippen LogP contribution is -2.43. The number of nitrogens with zero attached hydrogens (tertiary/aromatic N) is 6. The molecule has 2 unspecified atom stereocenters. The number of rotatable bonds is 19. The molecule has 3 aromatic heterocycles. The van der Waals surface area contributed by atoms with Gasteiger partial charge in [0, 0.05) is 19.2 Å². The number of benzene rings is 1. The highest BCUT2D eigenvalue weighted by Crippen LogP contribution is 2.50. The van der Waals surface area contributed by atoms with Gasteiger partial charge in [-0.2, -0.15) is 4.98 Å². The van der Waals surface area contributed by atoms with Crippen LogP contribution in [0.1, 0.15) is 43.7 Å². The first-order valence-corrected chi connectivity index (χ1v) is 21.5. The lowest BCUT2D eigenvalue weighted by molar-refractivity contribution is -0.158. The van der Waals surface area contributed by atoms with Crippen molar-refractivity contribution in [2.75, 3.05) is 31.2 Å².